The van der Waals surface area contributed by atoms with Crippen molar-refractivity contribution in [2.24, 2.45) is 0 Å². The van der Waals surface area contributed by atoms with Gasteiger partial charge in [0, 0.05) is 12.1 Å². The Hall–Kier alpha value is -2.06. The maximum absolute atomic E-state index is 11.9. The topological polar surface area (TPSA) is 94.1 Å². The molecule has 0 radical (unpaired) electrons. The molecule has 0 saturated carbocycles. The van der Waals surface area contributed by atoms with Crippen LogP contribution >= 0.6 is 0 Å². The van der Waals surface area contributed by atoms with E-state index in [0.717, 1.165) is 5.56 Å². The number of ketones is 1. The molecule has 0 spiro atoms. The quantitative estimate of drug-likeness (QED) is 0.777. The molecule has 0 unspecified atom stereocenters. The summed E-state index contributed by atoms with van der Waals surface area (Å²) in [6.45, 7) is 7.01. The average molecular weight is 335 g/mol. The molecular formula is C16H22BNO6. The van der Waals surface area contributed by atoms with Gasteiger partial charge in [-0.1, -0.05) is 6.07 Å². The van der Waals surface area contributed by atoms with Crippen molar-refractivity contribution in [3.8, 4) is 5.75 Å². The number of hydrogen-bond acceptors (Lipinski definition) is 6. The second-order valence-electron chi connectivity index (χ2n) is 6.62. The van der Waals surface area contributed by atoms with Gasteiger partial charge in [0.15, 0.2) is 5.78 Å². The summed E-state index contributed by atoms with van der Waals surface area (Å²) in [5.41, 5.74) is 1.34. The molecule has 1 aliphatic rings. The van der Waals surface area contributed by atoms with E-state index in [1.807, 2.05) is 0 Å². The fourth-order valence-corrected chi connectivity index (χ4v) is 2.35. The van der Waals surface area contributed by atoms with Crippen LogP contribution in [0.3, 0.4) is 0 Å². The number of ether oxygens (including phenoxy) is 2. The molecule has 0 aromatic heterocycles. The molecule has 1 aliphatic heterocycles. The summed E-state index contributed by atoms with van der Waals surface area (Å²) >= 11 is 0. The molecule has 0 atom stereocenters. The summed E-state index contributed by atoms with van der Waals surface area (Å²) in [4.78, 5) is 23.0. The molecule has 130 valence electrons. The Morgan fingerprint density at radius 3 is 2.71 bits per heavy atom. The molecule has 1 heterocycles. The van der Waals surface area contributed by atoms with Crippen molar-refractivity contribution < 1.29 is 28.7 Å². The number of benzene rings is 1. The number of alkyl carbamates (subject to hydrolysis) is 1. The van der Waals surface area contributed by atoms with Gasteiger partial charge >= 0.3 is 13.2 Å². The van der Waals surface area contributed by atoms with Crippen molar-refractivity contribution in [2.45, 2.75) is 46.4 Å². The molecule has 2 rings (SSSR count). The summed E-state index contributed by atoms with van der Waals surface area (Å²) in [6.07, 6.45) is -0.578. The number of amides is 1. The lowest BCUT2D eigenvalue weighted by Crippen LogP contribution is -2.37. The van der Waals surface area contributed by atoms with Gasteiger partial charge in [-0.3, -0.25) is 4.79 Å². The predicted molar refractivity (Wildman–Crippen MR) is 88.1 cm³/mol. The van der Waals surface area contributed by atoms with Gasteiger partial charge in [-0.15, -0.1) is 0 Å². The SMILES string of the molecule is CC(=O)COc1ccc2c(c1CNC(=O)OC(C)(C)C)B(O)OC2. The van der Waals surface area contributed by atoms with Crippen molar-refractivity contribution in [2.75, 3.05) is 6.61 Å². The summed E-state index contributed by atoms with van der Waals surface area (Å²) in [6, 6.07) is 3.48. The number of carbonyl (C=O) groups is 2. The predicted octanol–water partition coefficient (Wildman–Crippen LogP) is 0.897. The van der Waals surface area contributed by atoms with E-state index >= 15 is 0 Å². The van der Waals surface area contributed by atoms with E-state index in [1.54, 1.807) is 32.9 Å². The van der Waals surface area contributed by atoms with E-state index in [-0.39, 0.29) is 25.5 Å². The number of carbonyl (C=O) groups excluding carboxylic acids is 2. The second-order valence-corrected chi connectivity index (χ2v) is 6.62. The Balaban J connectivity index is 2.20. The molecule has 0 aliphatic carbocycles. The van der Waals surface area contributed by atoms with Gasteiger partial charge in [-0.2, -0.15) is 0 Å². The number of fused-ring (bicyclic) bond motifs is 1. The highest BCUT2D eigenvalue weighted by molar-refractivity contribution is 6.62. The highest BCUT2D eigenvalue weighted by atomic mass is 16.6. The van der Waals surface area contributed by atoms with Gasteiger partial charge in [-0.05, 0) is 44.8 Å². The van der Waals surface area contributed by atoms with Crippen LogP contribution in [0.25, 0.3) is 0 Å². The van der Waals surface area contributed by atoms with Gasteiger partial charge in [0.1, 0.15) is 18.0 Å². The lowest BCUT2D eigenvalue weighted by molar-refractivity contribution is -0.118. The van der Waals surface area contributed by atoms with E-state index in [4.69, 9.17) is 14.1 Å². The molecule has 0 fully saturated rings. The van der Waals surface area contributed by atoms with Crippen LogP contribution in [-0.4, -0.2) is 36.2 Å². The van der Waals surface area contributed by atoms with Crippen LogP contribution in [-0.2, 0) is 27.3 Å². The molecule has 1 aromatic rings. The van der Waals surface area contributed by atoms with Crippen LogP contribution in [0.15, 0.2) is 12.1 Å². The summed E-state index contributed by atoms with van der Waals surface area (Å²) < 4.78 is 15.9. The van der Waals surface area contributed by atoms with Gasteiger partial charge in [-0.25, -0.2) is 4.79 Å². The molecule has 0 bridgehead atoms. The number of hydrogen-bond donors (Lipinski definition) is 2. The van der Waals surface area contributed by atoms with Gasteiger partial charge in [0.05, 0.1) is 6.61 Å². The zero-order chi connectivity index (χ0) is 17.9. The summed E-state index contributed by atoms with van der Waals surface area (Å²) in [7, 11) is -1.09. The van der Waals surface area contributed by atoms with Crippen LogP contribution in [0, 0.1) is 0 Å². The fraction of sp³-hybridized carbons (Fsp3) is 0.500. The van der Waals surface area contributed by atoms with Gasteiger partial charge in [0.2, 0.25) is 0 Å². The van der Waals surface area contributed by atoms with Crippen LogP contribution in [0.1, 0.15) is 38.8 Å². The van der Waals surface area contributed by atoms with Crippen molar-refractivity contribution in [1.82, 2.24) is 5.32 Å². The minimum Gasteiger partial charge on any atom is -0.486 e. The number of Topliss-reactive ketones (excluding diaryl/α,β-unsaturated/α-hetero) is 1. The molecule has 2 N–H and O–H groups in total. The lowest BCUT2D eigenvalue weighted by Gasteiger charge is -2.21. The first-order chi connectivity index (χ1) is 11.2. The fourth-order valence-electron chi connectivity index (χ4n) is 2.35. The molecule has 1 aromatic carbocycles. The molecule has 24 heavy (non-hydrogen) atoms. The van der Waals surface area contributed by atoms with Crippen LogP contribution in [0.5, 0.6) is 5.75 Å². The highest BCUT2D eigenvalue weighted by Gasteiger charge is 2.32. The van der Waals surface area contributed by atoms with E-state index < -0.39 is 18.8 Å². The standard InChI is InChI=1S/C16H22BNO6/c1-10(19)8-22-13-6-5-11-9-23-17(21)14(11)12(13)7-18-15(20)24-16(2,3)4/h5-6,21H,7-9H2,1-4H3,(H,18,20). The Morgan fingerprint density at radius 1 is 1.38 bits per heavy atom. The highest BCUT2D eigenvalue weighted by Crippen LogP contribution is 2.23. The third-order valence-electron chi connectivity index (χ3n) is 3.29. The van der Waals surface area contributed by atoms with Crippen LogP contribution in [0.2, 0.25) is 0 Å². The third-order valence-corrected chi connectivity index (χ3v) is 3.29. The second kappa shape index (κ2) is 7.23. The van der Waals surface area contributed by atoms with E-state index in [2.05, 4.69) is 5.32 Å². The molecule has 8 heteroatoms. The number of rotatable bonds is 5. The first-order valence-electron chi connectivity index (χ1n) is 7.71. The van der Waals surface area contributed by atoms with Gasteiger partial charge in [0.25, 0.3) is 0 Å². The van der Waals surface area contributed by atoms with Crippen molar-refractivity contribution in [3.63, 3.8) is 0 Å². The smallest absolute Gasteiger partial charge is 0.486 e. The minimum absolute atomic E-state index is 0.0881. The average Bonchev–Trinajstić information content (AvgIpc) is 2.83. The van der Waals surface area contributed by atoms with Crippen molar-refractivity contribution in [3.05, 3.63) is 23.3 Å². The Morgan fingerprint density at radius 2 is 2.08 bits per heavy atom. The Bertz CT molecular complexity index is 640. The first kappa shape index (κ1) is 18.3. The zero-order valence-electron chi connectivity index (χ0n) is 14.3. The molecule has 0 saturated heterocycles. The molecule has 1 amide bonds. The van der Waals surface area contributed by atoms with Gasteiger partial charge < -0.3 is 24.5 Å². The van der Waals surface area contributed by atoms with E-state index in [9.17, 15) is 14.6 Å². The summed E-state index contributed by atoms with van der Waals surface area (Å²) in [5.74, 6) is 0.294. The normalized spacial score (nSPS) is 13.5. The lowest BCUT2D eigenvalue weighted by atomic mass is 9.76. The zero-order valence-corrected chi connectivity index (χ0v) is 14.3. The largest absolute Gasteiger partial charge is 0.492 e. The minimum atomic E-state index is -1.09. The molecule has 7 nitrogen and oxygen atoms in total. The van der Waals surface area contributed by atoms with Crippen LogP contribution in [0.4, 0.5) is 4.79 Å². The maximum atomic E-state index is 11.9. The third kappa shape index (κ3) is 4.72. The van der Waals surface area contributed by atoms with Crippen molar-refractivity contribution in [1.29, 1.82) is 0 Å². The maximum Gasteiger partial charge on any atom is 0.492 e. The van der Waals surface area contributed by atoms with Crippen LogP contribution < -0.4 is 15.5 Å². The monoisotopic (exact) mass is 335 g/mol. The summed E-state index contributed by atoms with van der Waals surface area (Å²) in [5, 5.41) is 12.7. The van der Waals surface area contributed by atoms with E-state index in [0.29, 0.717) is 16.8 Å². The first-order valence-corrected chi connectivity index (χ1v) is 7.71. The molecular weight excluding hydrogens is 313 g/mol. The van der Waals surface area contributed by atoms with E-state index in [1.165, 1.54) is 6.92 Å². The Kier molecular flexibility index (Phi) is 5.51. The Labute approximate surface area is 141 Å². The number of nitrogens with one attached hydrogen (secondary N) is 1. The van der Waals surface area contributed by atoms with Crippen molar-refractivity contribution >= 4 is 24.5 Å².